The predicted octanol–water partition coefficient (Wildman–Crippen LogP) is 1.83. The van der Waals surface area contributed by atoms with Gasteiger partial charge in [0.2, 0.25) is 5.91 Å². The van der Waals surface area contributed by atoms with E-state index in [1.807, 2.05) is 30.3 Å². The molecular formula is C16H25Cl2F2N3O2. The lowest BCUT2D eigenvalue weighted by Crippen LogP contribution is -2.46. The van der Waals surface area contributed by atoms with Crippen LogP contribution in [0.3, 0.4) is 0 Å². The van der Waals surface area contributed by atoms with Crippen molar-refractivity contribution in [3.05, 3.63) is 35.9 Å². The van der Waals surface area contributed by atoms with E-state index < -0.39 is 24.9 Å². The third-order valence-electron chi connectivity index (χ3n) is 3.73. The Bertz CT molecular complexity index is 509. The molecule has 0 bridgehead atoms. The van der Waals surface area contributed by atoms with E-state index in [2.05, 4.69) is 10.2 Å². The van der Waals surface area contributed by atoms with Crippen molar-refractivity contribution in [1.82, 2.24) is 10.2 Å². The molecule has 0 radical (unpaired) electrons. The summed E-state index contributed by atoms with van der Waals surface area (Å²) in [6, 6.07) is 10.0. The Hall–Kier alpha value is -0.990. The van der Waals surface area contributed by atoms with E-state index in [-0.39, 0.29) is 37.3 Å². The summed E-state index contributed by atoms with van der Waals surface area (Å²) < 4.78 is 31.6. The number of nitrogens with two attached hydrogens (primary N) is 1. The first-order chi connectivity index (χ1) is 11.0. The normalized spacial score (nSPS) is 18.0. The Balaban J connectivity index is 0.00000288. The highest BCUT2D eigenvalue weighted by Gasteiger charge is 2.28. The van der Waals surface area contributed by atoms with Crippen molar-refractivity contribution in [2.75, 3.05) is 32.8 Å². The Morgan fingerprint density at radius 3 is 2.64 bits per heavy atom. The number of carbonyl (C=O) groups is 1. The Kier molecular flexibility index (Phi) is 11.1. The van der Waals surface area contributed by atoms with E-state index in [0.29, 0.717) is 13.2 Å². The van der Waals surface area contributed by atoms with Gasteiger partial charge in [0.25, 0.3) is 5.92 Å². The van der Waals surface area contributed by atoms with Crippen LogP contribution < -0.4 is 11.1 Å². The van der Waals surface area contributed by atoms with Crippen molar-refractivity contribution >= 4 is 30.7 Å². The van der Waals surface area contributed by atoms with Gasteiger partial charge in [0.05, 0.1) is 32.2 Å². The van der Waals surface area contributed by atoms with Crippen LogP contribution in [0.25, 0.3) is 0 Å². The molecule has 1 aliphatic heterocycles. The molecule has 1 unspecified atom stereocenters. The van der Waals surface area contributed by atoms with E-state index in [0.717, 1.165) is 13.1 Å². The number of alkyl halides is 2. The van der Waals surface area contributed by atoms with Gasteiger partial charge in [-0.25, -0.2) is 8.78 Å². The monoisotopic (exact) mass is 399 g/mol. The number of nitrogens with zero attached hydrogens (tertiary/aromatic N) is 1. The summed E-state index contributed by atoms with van der Waals surface area (Å²) in [7, 11) is 0. The SMILES string of the molecule is Cl.Cl.NCC(F)(F)CNC(=O)CC1CN(Cc2ccccc2)CCO1. The van der Waals surface area contributed by atoms with E-state index in [1.54, 1.807) is 0 Å². The van der Waals surface area contributed by atoms with Crippen LogP contribution >= 0.6 is 24.8 Å². The zero-order valence-electron chi connectivity index (χ0n) is 13.8. The molecule has 1 heterocycles. The summed E-state index contributed by atoms with van der Waals surface area (Å²) in [5.41, 5.74) is 6.13. The van der Waals surface area contributed by atoms with E-state index in [1.165, 1.54) is 5.56 Å². The fourth-order valence-corrected chi connectivity index (χ4v) is 2.47. The molecule has 1 atom stereocenters. The van der Waals surface area contributed by atoms with Crippen LogP contribution in [-0.2, 0) is 16.1 Å². The van der Waals surface area contributed by atoms with Gasteiger partial charge in [-0.2, -0.15) is 0 Å². The maximum absolute atomic E-state index is 13.0. The van der Waals surface area contributed by atoms with Crippen molar-refractivity contribution in [1.29, 1.82) is 0 Å². The fraction of sp³-hybridized carbons (Fsp3) is 0.562. The van der Waals surface area contributed by atoms with Crippen molar-refractivity contribution < 1.29 is 18.3 Å². The van der Waals surface area contributed by atoms with E-state index in [9.17, 15) is 13.6 Å². The number of hydrogen-bond donors (Lipinski definition) is 2. The Morgan fingerprint density at radius 1 is 1.32 bits per heavy atom. The summed E-state index contributed by atoms with van der Waals surface area (Å²) in [6.07, 6.45) is -0.203. The molecule has 1 aromatic carbocycles. The van der Waals surface area contributed by atoms with Crippen LogP contribution in [0.15, 0.2) is 30.3 Å². The number of rotatable bonds is 7. The minimum atomic E-state index is -3.07. The molecule has 1 fully saturated rings. The summed E-state index contributed by atoms with van der Waals surface area (Å²) in [6.45, 7) is 1.20. The summed E-state index contributed by atoms with van der Waals surface area (Å²) in [5, 5.41) is 2.22. The van der Waals surface area contributed by atoms with Crippen molar-refractivity contribution in [2.24, 2.45) is 5.73 Å². The van der Waals surface area contributed by atoms with Gasteiger partial charge in [0.15, 0.2) is 0 Å². The number of halogens is 4. The van der Waals surface area contributed by atoms with Crippen molar-refractivity contribution in [3.63, 3.8) is 0 Å². The minimum absolute atomic E-state index is 0. The average molecular weight is 400 g/mol. The first kappa shape index (κ1) is 24.0. The molecule has 0 aliphatic carbocycles. The number of benzene rings is 1. The fourth-order valence-electron chi connectivity index (χ4n) is 2.47. The number of ether oxygens (including phenoxy) is 1. The molecule has 1 saturated heterocycles. The molecule has 144 valence electrons. The maximum Gasteiger partial charge on any atom is 0.277 e. The first-order valence-corrected chi connectivity index (χ1v) is 7.71. The van der Waals surface area contributed by atoms with Gasteiger partial charge in [0, 0.05) is 19.6 Å². The molecule has 0 aromatic heterocycles. The summed E-state index contributed by atoms with van der Waals surface area (Å²) in [4.78, 5) is 14.0. The van der Waals surface area contributed by atoms with Crippen LogP contribution in [0.1, 0.15) is 12.0 Å². The molecule has 9 heteroatoms. The largest absolute Gasteiger partial charge is 0.375 e. The molecule has 3 N–H and O–H groups in total. The van der Waals surface area contributed by atoms with Gasteiger partial charge in [-0.05, 0) is 5.56 Å². The molecule has 1 amide bonds. The average Bonchev–Trinajstić information content (AvgIpc) is 2.54. The van der Waals surface area contributed by atoms with E-state index >= 15 is 0 Å². The lowest BCUT2D eigenvalue weighted by Gasteiger charge is -2.32. The number of nitrogens with one attached hydrogen (secondary N) is 1. The molecule has 0 spiro atoms. The first-order valence-electron chi connectivity index (χ1n) is 7.71. The Morgan fingerprint density at radius 2 is 2.00 bits per heavy atom. The molecule has 2 rings (SSSR count). The van der Waals surface area contributed by atoms with Crippen LogP contribution in [0.5, 0.6) is 0 Å². The molecule has 0 saturated carbocycles. The maximum atomic E-state index is 13.0. The molecule has 25 heavy (non-hydrogen) atoms. The van der Waals surface area contributed by atoms with Crippen LogP contribution in [0.2, 0.25) is 0 Å². The van der Waals surface area contributed by atoms with Crippen molar-refractivity contribution in [3.8, 4) is 0 Å². The van der Waals surface area contributed by atoms with E-state index in [4.69, 9.17) is 10.5 Å². The number of carbonyl (C=O) groups excluding carboxylic acids is 1. The summed E-state index contributed by atoms with van der Waals surface area (Å²) in [5.74, 6) is -3.51. The molecule has 1 aromatic rings. The highest BCUT2D eigenvalue weighted by Crippen LogP contribution is 2.13. The standard InChI is InChI=1S/C16H23F2N3O2.2ClH/c17-16(18,11-19)12-20-15(22)8-14-10-21(6-7-23-14)9-13-4-2-1-3-5-13;;/h1-5,14H,6-12,19H2,(H,20,22);2*1H. The lowest BCUT2D eigenvalue weighted by atomic mass is 10.1. The second-order valence-electron chi connectivity index (χ2n) is 5.75. The van der Waals surface area contributed by atoms with Gasteiger partial charge in [-0.3, -0.25) is 9.69 Å². The highest BCUT2D eigenvalue weighted by atomic mass is 35.5. The molecule has 5 nitrogen and oxygen atoms in total. The smallest absolute Gasteiger partial charge is 0.277 e. The minimum Gasteiger partial charge on any atom is -0.375 e. The Labute approximate surface area is 159 Å². The van der Waals surface area contributed by atoms with Crippen LogP contribution in [0.4, 0.5) is 8.78 Å². The molecule has 1 aliphatic rings. The third kappa shape index (κ3) is 8.78. The topological polar surface area (TPSA) is 67.6 Å². The van der Waals surface area contributed by atoms with Gasteiger partial charge < -0.3 is 15.8 Å². The zero-order chi connectivity index (χ0) is 16.7. The van der Waals surface area contributed by atoms with Gasteiger partial charge in [0.1, 0.15) is 0 Å². The van der Waals surface area contributed by atoms with Crippen LogP contribution in [-0.4, -0.2) is 55.6 Å². The third-order valence-corrected chi connectivity index (χ3v) is 3.73. The van der Waals surface area contributed by atoms with Crippen molar-refractivity contribution in [2.45, 2.75) is 25.0 Å². The molecular weight excluding hydrogens is 375 g/mol. The number of amides is 1. The highest BCUT2D eigenvalue weighted by molar-refractivity contribution is 5.85. The zero-order valence-corrected chi connectivity index (χ0v) is 15.5. The lowest BCUT2D eigenvalue weighted by molar-refractivity contribution is -0.127. The predicted molar refractivity (Wildman–Crippen MR) is 97.6 cm³/mol. The quantitative estimate of drug-likeness (QED) is 0.733. The number of morpholine rings is 1. The van der Waals surface area contributed by atoms with Gasteiger partial charge in [-0.1, -0.05) is 30.3 Å². The van der Waals surface area contributed by atoms with Gasteiger partial charge >= 0.3 is 0 Å². The second-order valence-corrected chi connectivity index (χ2v) is 5.75. The van der Waals surface area contributed by atoms with Gasteiger partial charge in [-0.15, -0.1) is 24.8 Å². The number of hydrogen-bond acceptors (Lipinski definition) is 4. The summed E-state index contributed by atoms with van der Waals surface area (Å²) >= 11 is 0. The van der Waals surface area contributed by atoms with Crippen LogP contribution in [0, 0.1) is 0 Å². The second kappa shape index (κ2) is 11.6.